The molecule has 0 atom stereocenters. The third kappa shape index (κ3) is 12.2. The molecule has 0 fully saturated rings. The number of carbonyl (C=O) groups is 2. The van der Waals surface area contributed by atoms with Crippen LogP contribution in [-0.4, -0.2) is 46.2 Å². The second-order valence-corrected chi connectivity index (χ2v) is 11.4. The SMILES string of the molecule is C[N+](C)(C)c1ccc(CC(=O)NCCCCCCCCOc2ccc(OC(=O)c3cccc(Cl)c3Cl)cc2)cc1.[I-]. The van der Waals surface area contributed by atoms with Crippen molar-refractivity contribution in [2.45, 2.75) is 44.9 Å². The van der Waals surface area contributed by atoms with Crippen molar-refractivity contribution in [1.29, 1.82) is 0 Å². The normalized spacial score (nSPS) is 11.0. The fourth-order valence-electron chi connectivity index (χ4n) is 4.09. The number of nitrogens with zero attached hydrogens (tertiary/aromatic N) is 1. The predicted molar refractivity (Wildman–Crippen MR) is 164 cm³/mol. The molecule has 0 spiro atoms. The Morgan fingerprint density at radius 1 is 0.780 bits per heavy atom. The number of unbranched alkanes of at least 4 members (excludes halogenated alkanes) is 5. The second-order valence-electron chi connectivity index (χ2n) is 10.6. The number of benzene rings is 3. The van der Waals surface area contributed by atoms with Crippen LogP contribution in [0, 0.1) is 0 Å². The maximum absolute atomic E-state index is 12.3. The minimum absolute atomic E-state index is 0. The molecule has 0 radical (unpaired) electrons. The smallest absolute Gasteiger partial charge is 0.345 e. The van der Waals surface area contributed by atoms with Crippen molar-refractivity contribution in [2.75, 3.05) is 34.3 Å². The van der Waals surface area contributed by atoms with Crippen molar-refractivity contribution in [3.05, 3.63) is 87.9 Å². The summed E-state index contributed by atoms with van der Waals surface area (Å²) in [6.45, 7) is 1.35. The van der Waals surface area contributed by atoms with E-state index in [0.717, 1.165) is 60.9 Å². The molecule has 9 heteroatoms. The van der Waals surface area contributed by atoms with Gasteiger partial charge in [0.1, 0.15) is 17.2 Å². The minimum Gasteiger partial charge on any atom is -1.00 e. The molecule has 222 valence electrons. The predicted octanol–water partition coefficient (Wildman–Crippen LogP) is 4.49. The molecule has 0 aromatic heterocycles. The third-order valence-electron chi connectivity index (χ3n) is 6.44. The molecule has 0 heterocycles. The zero-order valence-electron chi connectivity index (χ0n) is 23.9. The van der Waals surface area contributed by atoms with Crippen LogP contribution in [0.1, 0.15) is 54.4 Å². The molecule has 0 aliphatic heterocycles. The number of hydrogen-bond donors (Lipinski definition) is 1. The van der Waals surface area contributed by atoms with E-state index in [-0.39, 0.29) is 40.5 Å². The van der Waals surface area contributed by atoms with Crippen molar-refractivity contribution in [1.82, 2.24) is 9.80 Å². The molecule has 3 rings (SSSR count). The van der Waals surface area contributed by atoms with Crippen LogP contribution < -0.4 is 43.3 Å². The van der Waals surface area contributed by atoms with E-state index in [0.29, 0.717) is 23.8 Å². The molecule has 3 aromatic carbocycles. The van der Waals surface area contributed by atoms with Gasteiger partial charge in [-0.2, -0.15) is 0 Å². The van der Waals surface area contributed by atoms with Crippen LogP contribution in [0.25, 0.3) is 0 Å². The Morgan fingerprint density at radius 3 is 2.05 bits per heavy atom. The zero-order chi connectivity index (χ0) is 29.0. The van der Waals surface area contributed by atoms with Crippen LogP contribution >= 0.6 is 23.2 Å². The van der Waals surface area contributed by atoms with Gasteiger partial charge in [-0.1, -0.05) is 67.1 Å². The lowest BCUT2D eigenvalue weighted by molar-refractivity contribution is -0.120. The van der Waals surface area contributed by atoms with Gasteiger partial charge in [-0.05, 0) is 66.9 Å². The van der Waals surface area contributed by atoms with Gasteiger partial charge in [0.2, 0.25) is 5.91 Å². The molecular weight excluding hydrogens is 674 g/mol. The van der Waals surface area contributed by atoms with Crippen molar-refractivity contribution in [3.8, 4) is 11.5 Å². The summed E-state index contributed by atoms with van der Waals surface area (Å²) in [5.41, 5.74) is 2.47. The second kappa shape index (κ2) is 17.6. The maximum atomic E-state index is 12.3. The Bertz CT molecular complexity index is 1250. The maximum Gasteiger partial charge on any atom is 0.345 e. The van der Waals surface area contributed by atoms with E-state index < -0.39 is 5.97 Å². The number of amides is 1. The van der Waals surface area contributed by atoms with Gasteiger partial charge in [-0.25, -0.2) is 4.79 Å². The highest BCUT2D eigenvalue weighted by Crippen LogP contribution is 2.27. The monoisotopic (exact) mass is 712 g/mol. The Balaban J connectivity index is 0.00000588. The van der Waals surface area contributed by atoms with Gasteiger partial charge in [0.15, 0.2) is 0 Å². The van der Waals surface area contributed by atoms with Gasteiger partial charge in [0.25, 0.3) is 0 Å². The highest BCUT2D eigenvalue weighted by atomic mass is 127. The van der Waals surface area contributed by atoms with Crippen LogP contribution in [0.15, 0.2) is 66.7 Å². The molecule has 6 nitrogen and oxygen atoms in total. The third-order valence-corrected chi connectivity index (χ3v) is 7.26. The van der Waals surface area contributed by atoms with E-state index >= 15 is 0 Å². The van der Waals surface area contributed by atoms with E-state index in [9.17, 15) is 9.59 Å². The number of hydrogen-bond acceptors (Lipinski definition) is 4. The average Bonchev–Trinajstić information content (AvgIpc) is 2.92. The van der Waals surface area contributed by atoms with Crippen molar-refractivity contribution in [3.63, 3.8) is 0 Å². The Hall–Kier alpha value is -2.33. The number of esters is 1. The van der Waals surface area contributed by atoms with E-state index in [1.165, 1.54) is 5.69 Å². The molecule has 0 unspecified atom stereocenters. The fourth-order valence-corrected chi connectivity index (χ4v) is 4.47. The molecule has 0 bridgehead atoms. The molecule has 0 aliphatic carbocycles. The van der Waals surface area contributed by atoms with Gasteiger partial charge in [-0.3, -0.25) is 9.28 Å². The number of quaternary nitrogens is 1. The Labute approximate surface area is 270 Å². The van der Waals surface area contributed by atoms with Crippen LogP contribution in [-0.2, 0) is 11.2 Å². The number of nitrogens with one attached hydrogen (secondary N) is 1. The number of ether oxygens (including phenoxy) is 2. The summed E-state index contributed by atoms with van der Waals surface area (Å²) in [5.74, 6) is 0.635. The molecule has 41 heavy (non-hydrogen) atoms. The van der Waals surface area contributed by atoms with Crippen molar-refractivity contribution >= 4 is 40.8 Å². The van der Waals surface area contributed by atoms with Crippen LogP contribution in [0.4, 0.5) is 5.69 Å². The summed E-state index contributed by atoms with van der Waals surface area (Å²) >= 11 is 12.1. The van der Waals surface area contributed by atoms with Gasteiger partial charge in [0, 0.05) is 6.54 Å². The summed E-state index contributed by atoms with van der Waals surface area (Å²) in [4.78, 5) is 24.6. The first-order valence-electron chi connectivity index (χ1n) is 13.7. The van der Waals surface area contributed by atoms with Crippen LogP contribution in [0.2, 0.25) is 10.0 Å². The van der Waals surface area contributed by atoms with Crippen LogP contribution in [0.5, 0.6) is 11.5 Å². The molecule has 1 amide bonds. The lowest BCUT2D eigenvalue weighted by Crippen LogP contribution is -3.00. The lowest BCUT2D eigenvalue weighted by Gasteiger charge is -2.23. The Morgan fingerprint density at radius 2 is 1.39 bits per heavy atom. The van der Waals surface area contributed by atoms with Gasteiger partial charge in [-0.15, -0.1) is 0 Å². The largest absolute Gasteiger partial charge is 1.00 e. The summed E-state index contributed by atoms with van der Waals surface area (Å²) in [6, 6.07) is 20.0. The molecule has 3 aromatic rings. The lowest BCUT2D eigenvalue weighted by atomic mass is 10.1. The van der Waals surface area contributed by atoms with Crippen LogP contribution in [0.3, 0.4) is 0 Å². The number of halogens is 3. The minimum atomic E-state index is -0.565. The highest BCUT2D eigenvalue weighted by Gasteiger charge is 2.15. The van der Waals surface area contributed by atoms with E-state index in [1.54, 1.807) is 42.5 Å². The zero-order valence-corrected chi connectivity index (χ0v) is 27.6. The van der Waals surface area contributed by atoms with E-state index in [4.69, 9.17) is 32.7 Å². The van der Waals surface area contributed by atoms with Gasteiger partial charge >= 0.3 is 5.97 Å². The summed E-state index contributed by atoms with van der Waals surface area (Å²) in [7, 11) is 6.38. The standard InChI is InChI=1S/C32H38Cl2N2O4.HI/c1-36(2,3)25-15-13-24(14-16-25)23-30(37)35-21-8-6-4-5-7-9-22-39-26-17-19-27(20-18-26)40-32(38)28-11-10-12-29(33)31(28)34;/h10-20H,4-9,21-23H2,1-3H3;1H. The summed E-state index contributed by atoms with van der Waals surface area (Å²) < 4.78 is 11.9. The van der Waals surface area contributed by atoms with E-state index in [2.05, 4.69) is 38.6 Å². The summed E-state index contributed by atoms with van der Waals surface area (Å²) in [6.07, 6.45) is 6.83. The molecule has 0 saturated heterocycles. The first-order chi connectivity index (χ1) is 19.1. The summed E-state index contributed by atoms with van der Waals surface area (Å²) in [5, 5.41) is 3.51. The van der Waals surface area contributed by atoms with Gasteiger partial charge < -0.3 is 38.8 Å². The van der Waals surface area contributed by atoms with Gasteiger partial charge in [0.05, 0.1) is 49.8 Å². The van der Waals surface area contributed by atoms with Crippen molar-refractivity contribution in [2.24, 2.45) is 0 Å². The quantitative estimate of drug-likeness (QED) is 0.0830. The Kier molecular flexibility index (Phi) is 15.0. The molecule has 0 saturated carbocycles. The van der Waals surface area contributed by atoms with Crippen molar-refractivity contribution < 1.29 is 43.0 Å². The number of rotatable bonds is 15. The molecule has 1 N–H and O–H groups in total. The topological polar surface area (TPSA) is 64.6 Å². The highest BCUT2D eigenvalue weighted by molar-refractivity contribution is 6.43. The first kappa shape index (κ1) is 34.9. The van der Waals surface area contributed by atoms with E-state index in [1.807, 2.05) is 12.1 Å². The number of carbonyl (C=O) groups excluding carboxylic acids is 2. The first-order valence-corrected chi connectivity index (χ1v) is 14.5. The average molecular weight is 713 g/mol. The molecule has 0 aliphatic rings. The fraction of sp³-hybridized carbons (Fsp3) is 0.375. The molecular formula is C32H39Cl2IN2O4.